The summed E-state index contributed by atoms with van der Waals surface area (Å²) in [6, 6.07) is 12.3. The molecular weight excluding hydrogens is 606 g/mol. The molecule has 0 fully saturated rings. The number of nitrogens with two attached hydrogens (primary N) is 1. The number of rotatable bonds is 10. The summed E-state index contributed by atoms with van der Waals surface area (Å²) < 4.78 is 77.4. The zero-order valence-electron chi connectivity index (χ0n) is 22.5. The number of aryl methyl sites for hydroxylation is 1. The standard InChI is InChI=1S/C26H25N5O10S2/c1-14-9-21(22(40-2)13-20(14)29-28-16-3-5-17(6-4-16)41-8-7-32)30-31-25-23(43(37,38)39)11-15-10-18(42(34,35)36)12-19(27)24(15)26(25)33/h3-6,9-13,32-33H,7-8,27H2,1-2H3,(H,34,35,36)(H,37,38,39). The van der Waals surface area contributed by atoms with Gasteiger partial charge in [0.05, 0.1) is 30.0 Å². The summed E-state index contributed by atoms with van der Waals surface area (Å²) >= 11 is 0. The molecule has 0 amide bonds. The average molecular weight is 632 g/mol. The molecule has 0 unspecified atom stereocenters. The van der Waals surface area contributed by atoms with Crippen molar-refractivity contribution in [3.05, 3.63) is 60.2 Å². The van der Waals surface area contributed by atoms with Crippen molar-refractivity contribution in [2.24, 2.45) is 20.5 Å². The number of anilines is 1. The summed E-state index contributed by atoms with van der Waals surface area (Å²) in [5.74, 6) is -0.107. The number of nitrogen functional groups attached to an aromatic ring is 1. The number of fused-ring (bicyclic) bond motifs is 1. The molecule has 0 aliphatic carbocycles. The molecule has 0 bridgehead atoms. The van der Waals surface area contributed by atoms with Gasteiger partial charge in [0.1, 0.15) is 34.4 Å². The number of phenols is 1. The van der Waals surface area contributed by atoms with E-state index in [0.717, 1.165) is 18.2 Å². The third kappa shape index (κ3) is 7.04. The van der Waals surface area contributed by atoms with Crippen LogP contribution in [0, 0.1) is 6.92 Å². The van der Waals surface area contributed by atoms with Crippen molar-refractivity contribution >= 4 is 59.4 Å². The lowest BCUT2D eigenvalue weighted by atomic mass is 10.1. The number of phenolic OH excluding ortho intramolecular Hbond substituents is 1. The molecule has 15 nitrogen and oxygen atoms in total. The predicted octanol–water partition coefficient (Wildman–Crippen LogP) is 5.14. The van der Waals surface area contributed by atoms with Crippen LogP contribution in [0.1, 0.15) is 5.56 Å². The highest BCUT2D eigenvalue weighted by atomic mass is 32.2. The van der Waals surface area contributed by atoms with Crippen LogP contribution in [0.25, 0.3) is 10.8 Å². The molecule has 0 aliphatic rings. The predicted molar refractivity (Wildman–Crippen MR) is 155 cm³/mol. The zero-order chi connectivity index (χ0) is 31.5. The molecule has 0 atom stereocenters. The monoisotopic (exact) mass is 631 g/mol. The van der Waals surface area contributed by atoms with Gasteiger partial charge < -0.3 is 25.4 Å². The second-order valence-electron chi connectivity index (χ2n) is 8.91. The number of aliphatic hydroxyl groups excluding tert-OH is 1. The molecular formula is C26H25N5O10S2. The van der Waals surface area contributed by atoms with Gasteiger partial charge in [-0.1, -0.05) is 0 Å². The normalized spacial score (nSPS) is 12.4. The minimum Gasteiger partial charge on any atom is -0.505 e. The number of hydrogen-bond donors (Lipinski definition) is 5. The summed E-state index contributed by atoms with van der Waals surface area (Å²) in [5, 5.41) is 35.6. The molecule has 0 saturated carbocycles. The van der Waals surface area contributed by atoms with Gasteiger partial charge in [-0.3, -0.25) is 9.11 Å². The van der Waals surface area contributed by atoms with Crippen LogP contribution in [0.3, 0.4) is 0 Å². The number of aromatic hydroxyl groups is 1. The molecule has 6 N–H and O–H groups in total. The van der Waals surface area contributed by atoms with Gasteiger partial charge in [-0.2, -0.15) is 27.1 Å². The number of azo groups is 2. The summed E-state index contributed by atoms with van der Waals surface area (Å²) in [4.78, 5) is -1.56. The lowest BCUT2D eigenvalue weighted by molar-refractivity contribution is 0.201. The highest BCUT2D eigenvalue weighted by Gasteiger charge is 2.25. The van der Waals surface area contributed by atoms with Crippen LogP contribution < -0.4 is 15.2 Å². The van der Waals surface area contributed by atoms with Crippen LogP contribution in [-0.4, -0.2) is 56.5 Å². The lowest BCUT2D eigenvalue weighted by Gasteiger charge is -2.12. The van der Waals surface area contributed by atoms with E-state index in [2.05, 4.69) is 20.5 Å². The largest absolute Gasteiger partial charge is 0.505 e. The number of nitrogens with zero attached hydrogens (tertiary/aromatic N) is 4. The van der Waals surface area contributed by atoms with E-state index in [0.29, 0.717) is 22.7 Å². The number of ether oxygens (including phenoxy) is 2. The van der Waals surface area contributed by atoms with Crippen molar-refractivity contribution in [2.75, 3.05) is 26.1 Å². The topological polar surface area (TPSA) is 243 Å². The fourth-order valence-corrected chi connectivity index (χ4v) is 5.14. The number of aliphatic hydroxyl groups is 1. The summed E-state index contributed by atoms with van der Waals surface area (Å²) in [6.07, 6.45) is 0. The van der Waals surface area contributed by atoms with Crippen molar-refractivity contribution in [1.29, 1.82) is 0 Å². The Labute approximate surface area is 245 Å². The van der Waals surface area contributed by atoms with Crippen LogP contribution in [0.5, 0.6) is 17.2 Å². The van der Waals surface area contributed by atoms with Crippen LogP contribution in [0.2, 0.25) is 0 Å². The first-order chi connectivity index (χ1) is 20.2. The van der Waals surface area contributed by atoms with Crippen molar-refractivity contribution in [3.63, 3.8) is 0 Å². The molecule has 0 saturated heterocycles. The Kier molecular flexibility index (Phi) is 8.93. The molecule has 0 aliphatic heterocycles. The fourth-order valence-electron chi connectivity index (χ4n) is 3.93. The van der Waals surface area contributed by atoms with E-state index < -0.39 is 41.5 Å². The molecule has 4 rings (SSSR count). The van der Waals surface area contributed by atoms with E-state index in [-0.39, 0.29) is 41.1 Å². The van der Waals surface area contributed by atoms with Gasteiger partial charge in [0.15, 0.2) is 5.75 Å². The van der Waals surface area contributed by atoms with E-state index in [1.807, 2.05) is 0 Å². The quantitative estimate of drug-likeness (QED) is 0.0871. The molecule has 0 spiro atoms. The SMILES string of the molecule is COc1cc(N=Nc2ccc(OCCO)cc2)c(C)cc1N=Nc1c(S(=O)(=O)O)cc2cc(S(=O)(=O)O)cc(N)c2c1O. The van der Waals surface area contributed by atoms with Crippen molar-refractivity contribution in [3.8, 4) is 17.2 Å². The van der Waals surface area contributed by atoms with E-state index in [1.165, 1.54) is 19.2 Å². The summed E-state index contributed by atoms with van der Waals surface area (Å²) in [7, 11) is -8.41. The molecule has 4 aromatic rings. The van der Waals surface area contributed by atoms with Gasteiger partial charge in [0.2, 0.25) is 0 Å². The van der Waals surface area contributed by atoms with Crippen molar-refractivity contribution in [2.45, 2.75) is 16.7 Å². The zero-order valence-corrected chi connectivity index (χ0v) is 24.2. The Bertz CT molecular complexity index is 1980. The van der Waals surface area contributed by atoms with Gasteiger partial charge in [-0.05, 0) is 66.4 Å². The highest BCUT2D eigenvalue weighted by molar-refractivity contribution is 7.86. The third-order valence-electron chi connectivity index (χ3n) is 5.95. The van der Waals surface area contributed by atoms with Crippen LogP contribution in [-0.2, 0) is 20.2 Å². The third-order valence-corrected chi connectivity index (χ3v) is 7.65. The molecule has 226 valence electrons. The van der Waals surface area contributed by atoms with Gasteiger partial charge in [-0.15, -0.1) is 10.2 Å². The molecule has 0 radical (unpaired) electrons. The van der Waals surface area contributed by atoms with Crippen LogP contribution >= 0.6 is 0 Å². The summed E-state index contributed by atoms with van der Waals surface area (Å²) in [6.45, 7) is 1.74. The van der Waals surface area contributed by atoms with Crippen molar-refractivity contribution < 1.29 is 45.6 Å². The Morgan fingerprint density at radius 1 is 0.860 bits per heavy atom. The van der Waals surface area contributed by atoms with Gasteiger partial charge in [0.25, 0.3) is 20.2 Å². The van der Waals surface area contributed by atoms with E-state index in [9.17, 15) is 31.0 Å². The molecule has 0 aromatic heterocycles. The Morgan fingerprint density at radius 2 is 1.53 bits per heavy atom. The minimum atomic E-state index is -5.03. The molecule has 4 aromatic carbocycles. The maximum absolute atomic E-state index is 12.2. The Hall–Kier alpha value is -4.68. The van der Waals surface area contributed by atoms with E-state index in [4.69, 9.17) is 20.3 Å². The Balaban J connectivity index is 1.74. The van der Waals surface area contributed by atoms with Crippen LogP contribution in [0.4, 0.5) is 28.4 Å². The lowest BCUT2D eigenvalue weighted by Crippen LogP contribution is -2.02. The Morgan fingerprint density at radius 3 is 2.14 bits per heavy atom. The second kappa shape index (κ2) is 12.3. The first-order valence-electron chi connectivity index (χ1n) is 12.1. The second-order valence-corrected chi connectivity index (χ2v) is 11.7. The average Bonchev–Trinajstić information content (AvgIpc) is 2.94. The van der Waals surface area contributed by atoms with Gasteiger partial charge in [-0.25, -0.2) is 0 Å². The number of hydrogen-bond acceptors (Lipinski definition) is 13. The minimum absolute atomic E-state index is 0.0970. The highest BCUT2D eigenvalue weighted by Crippen LogP contribution is 2.45. The first-order valence-corrected chi connectivity index (χ1v) is 15.0. The van der Waals surface area contributed by atoms with Gasteiger partial charge >= 0.3 is 0 Å². The smallest absolute Gasteiger partial charge is 0.296 e. The summed E-state index contributed by atoms with van der Waals surface area (Å²) in [5.41, 5.74) is 6.48. The maximum atomic E-state index is 12.2. The van der Waals surface area contributed by atoms with E-state index in [1.54, 1.807) is 31.2 Å². The first kappa shape index (κ1) is 31.3. The van der Waals surface area contributed by atoms with Gasteiger partial charge in [0, 0.05) is 17.1 Å². The molecule has 0 heterocycles. The fraction of sp³-hybridized carbons (Fsp3) is 0.154. The maximum Gasteiger partial charge on any atom is 0.296 e. The molecule has 43 heavy (non-hydrogen) atoms. The van der Waals surface area contributed by atoms with Crippen LogP contribution in [0.15, 0.2) is 84.8 Å². The number of methoxy groups -OCH3 is 1. The van der Waals surface area contributed by atoms with Crippen molar-refractivity contribution in [1.82, 2.24) is 0 Å². The molecule has 17 heteroatoms. The van der Waals surface area contributed by atoms with E-state index >= 15 is 0 Å². The number of benzene rings is 4.